The molecule has 2 heterocycles. The van der Waals surface area contributed by atoms with E-state index in [4.69, 9.17) is 21.3 Å². The minimum absolute atomic E-state index is 0.425. The molecule has 0 radical (unpaired) electrons. The van der Waals surface area contributed by atoms with Crippen LogP contribution in [-0.2, 0) is 5.75 Å². The molecule has 5 nitrogen and oxygen atoms in total. The van der Waals surface area contributed by atoms with Crippen molar-refractivity contribution in [3.63, 3.8) is 0 Å². The number of ether oxygens (including phenoxy) is 1. The van der Waals surface area contributed by atoms with Gasteiger partial charge in [-0.1, -0.05) is 83.5 Å². The fourth-order valence-electron chi connectivity index (χ4n) is 3.33. The average molecular weight is 447 g/mol. The van der Waals surface area contributed by atoms with Crippen molar-refractivity contribution in [2.24, 2.45) is 0 Å². The first-order chi connectivity index (χ1) is 15.2. The lowest BCUT2D eigenvalue weighted by molar-refractivity contribution is 0.225. The second-order valence-electron chi connectivity index (χ2n) is 7.26. The molecule has 1 aliphatic heterocycles. The summed E-state index contributed by atoms with van der Waals surface area (Å²) in [4.78, 5) is 4.70. The lowest BCUT2D eigenvalue weighted by Crippen LogP contribution is -2.17. The van der Waals surface area contributed by atoms with Crippen molar-refractivity contribution in [1.29, 1.82) is 0 Å². The highest BCUT2D eigenvalue weighted by atomic mass is 35.5. The zero-order valence-corrected chi connectivity index (χ0v) is 18.3. The van der Waals surface area contributed by atoms with E-state index in [9.17, 15) is 0 Å². The molecule has 0 saturated heterocycles. The predicted octanol–water partition coefficient (Wildman–Crippen LogP) is 6.30. The lowest BCUT2D eigenvalue weighted by atomic mass is 10.1. The molecular weight excluding hydrogens is 428 g/mol. The van der Waals surface area contributed by atoms with Crippen LogP contribution < -0.4 is 10.1 Å². The highest BCUT2D eigenvalue weighted by Gasteiger charge is 2.26. The number of aromatic nitrogens is 3. The largest absolute Gasteiger partial charge is 0.448 e. The van der Waals surface area contributed by atoms with Crippen LogP contribution in [0.25, 0.3) is 11.3 Å². The number of para-hydroxylation sites is 1. The van der Waals surface area contributed by atoms with Gasteiger partial charge in [-0.3, -0.25) is 0 Å². The normalized spacial score (nSPS) is 14.6. The topological polar surface area (TPSA) is 59.9 Å². The molecular formula is C24H19ClN4OS. The molecule has 0 saturated carbocycles. The molecule has 0 fully saturated rings. The number of hydrogen-bond donors (Lipinski definition) is 1. The van der Waals surface area contributed by atoms with Crippen LogP contribution in [0.1, 0.15) is 22.9 Å². The fourth-order valence-corrected chi connectivity index (χ4v) is 4.19. The van der Waals surface area contributed by atoms with E-state index in [0.29, 0.717) is 21.8 Å². The van der Waals surface area contributed by atoms with Crippen LogP contribution in [-0.4, -0.2) is 15.2 Å². The maximum absolute atomic E-state index is 6.29. The Balaban J connectivity index is 1.47. The number of thioether (sulfide) groups is 1. The molecule has 1 aliphatic rings. The van der Waals surface area contributed by atoms with Crippen LogP contribution >= 0.6 is 23.4 Å². The summed E-state index contributed by atoms with van der Waals surface area (Å²) >= 11 is 7.60. The van der Waals surface area contributed by atoms with Crippen LogP contribution in [0.5, 0.6) is 5.88 Å². The monoisotopic (exact) mass is 446 g/mol. The van der Waals surface area contributed by atoms with Crippen LogP contribution in [0.4, 0.5) is 5.69 Å². The summed E-state index contributed by atoms with van der Waals surface area (Å²) in [5.74, 6) is 1.22. The first-order valence-corrected chi connectivity index (χ1v) is 11.2. The molecule has 4 aromatic rings. The van der Waals surface area contributed by atoms with Crippen molar-refractivity contribution < 1.29 is 4.74 Å². The van der Waals surface area contributed by atoms with Crippen LogP contribution in [0.3, 0.4) is 0 Å². The molecule has 0 bridgehead atoms. The van der Waals surface area contributed by atoms with Crippen molar-refractivity contribution in [2.75, 3.05) is 5.32 Å². The van der Waals surface area contributed by atoms with E-state index in [0.717, 1.165) is 22.6 Å². The summed E-state index contributed by atoms with van der Waals surface area (Å²) in [6, 6.07) is 24.0. The van der Waals surface area contributed by atoms with E-state index in [1.165, 1.54) is 22.9 Å². The SMILES string of the molecule is Cc1ccc(CSc2nnc3c(n2)O[C@@H](c2ccc(Cl)cc2)Nc2ccccc2-3)cc1. The molecule has 3 aromatic carbocycles. The fraction of sp³-hybridized carbons (Fsp3) is 0.125. The van der Waals surface area contributed by atoms with E-state index in [1.807, 2.05) is 48.5 Å². The van der Waals surface area contributed by atoms with Gasteiger partial charge in [-0.2, -0.15) is 4.98 Å². The van der Waals surface area contributed by atoms with Crippen LogP contribution in [0, 0.1) is 6.92 Å². The van der Waals surface area contributed by atoms with Gasteiger partial charge in [0.05, 0.1) is 0 Å². The molecule has 31 heavy (non-hydrogen) atoms. The quantitative estimate of drug-likeness (QED) is 0.371. The zero-order valence-electron chi connectivity index (χ0n) is 16.7. The molecule has 1 aromatic heterocycles. The van der Waals surface area contributed by atoms with Gasteiger partial charge in [0.1, 0.15) is 0 Å². The van der Waals surface area contributed by atoms with Gasteiger partial charge in [-0.15, -0.1) is 10.2 Å². The summed E-state index contributed by atoms with van der Waals surface area (Å²) in [7, 11) is 0. The summed E-state index contributed by atoms with van der Waals surface area (Å²) in [5.41, 5.74) is 5.84. The van der Waals surface area contributed by atoms with Gasteiger partial charge in [0.25, 0.3) is 0 Å². The third kappa shape index (κ3) is 4.36. The van der Waals surface area contributed by atoms with Crippen molar-refractivity contribution in [2.45, 2.75) is 24.1 Å². The van der Waals surface area contributed by atoms with Crippen molar-refractivity contribution in [1.82, 2.24) is 15.2 Å². The Hall–Kier alpha value is -3.09. The number of anilines is 1. The maximum atomic E-state index is 6.29. The number of nitrogens with zero attached hydrogens (tertiary/aromatic N) is 3. The second-order valence-corrected chi connectivity index (χ2v) is 8.64. The number of rotatable bonds is 4. The predicted molar refractivity (Wildman–Crippen MR) is 124 cm³/mol. The minimum Gasteiger partial charge on any atom is -0.448 e. The number of benzene rings is 3. The second kappa shape index (κ2) is 8.57. The van der Waals surface area contributed by atoms with E-state index < -0.39 is 6.23 Å². The minimum atomic E-state index is -0.425. The molecule has 154 valence electrons. The third-order valence-electron chi connectivity index (χ3n) is 4.99. The number of nitrogens with one attached hydrogen (secondary N) is 1. The Morgan fingerprint density at radius 3 is 2.55 bits per heavy atom. The molecule has 0 unspecified atom stereocenters. The van der Waals surface area contributed by atoms with Gasteiger partial charge in [0.15, 0.2) is 11.9 Å². The van der Waals surface area contributed by atoms with Gasteiger partial charge < -0.3 is 10.1 Å². The number of fused-ring (bicyclic) bond motifs is 3. The van der Waals surface area contributed by atoms with Gasteiger partial charge in [0.2, 0.25) is 11.0 Å². The van der Waals surface area contributed by atoms with E-state index in [2.05, 4.69) is 46.7 Å². The Morgan fingerprint density at radius 2 is 1.74 bits per heavy atom. The summed E-state index contributed by atoms with van der Waals surface area (Å²) in [5, 5.41) is 13.5. The smallest absolute Gasteiger partial charge is 0.247 e. The van der Waals surface area contributed by atoms with E-state index in [-0.39, 0.29) is 0 Å². The maximum Gasteiger partial charge on any atom is 0.247 e. The first-order valence-electron chi connectivity index (χ1n) is 9.87. The first kappa shape index (κ1) is 19.8. The third-order valence-corrected chi connectivity index (χ3v) is 6.16. The molecule has 0 spiro atoms. The van der Waals surface area contributed by atoms with Gasteiger partial charge in [-0.25, -0.2) is 0 Å². The Morgan fingerprint density at radius 1 is 0.968 bits per heavy atom. The molecule has 1 N–H and O–H groups in total. The van der Waals surface area contributed by atoms with Crippen molar-refractivity contribution >= 4 is 29.1 Å². The summed E-state index contributed by atoms with van der Waals surface area (Å²) in [6.07, 6.45) is -0.425. The summed E-state index contributed by atoms with van der Waals surface area (Å²) in [6.45, 7) is 2.08. The molecule has 0 amide bonds. The van der Waals surface area contributed by atoms with Gasteiger partial charge >= 0.3 is 0 Å². The molecule has 1 atom stereocenters. The van der Waals surface area contributed by atoms with Gasteiger partial charge in [0, 0.05) is 27.6 Å². The average Bonchev–Trinajstić information content (AvgIpc) is 2.96. The standard InChI is InChI=1S/C24H19ClN4OS/c1-15-6-8-16(9-7-15)14-31-24-27-23-21(28-29-24)19-4-2-3-5-20(19)26-22(30-23)17-10-12-18(25)13-11-17/h2-13,22,26H,14H2,1H3/t22-/m0/s1. The highest BCUT2D eigenvalue weighted by Crippen LogP contribution is 2.39. The van der Waals surface area contributed by atoms with Crippen molar-refractivity contribution in [3.05, 3.63) is 94.5 Å². The molecule has 7 heteroatoms. The lowest BCUT2D eigenvalue weighted by Gasteiger charge is -2.19. The molecule has 0 aliphatic carbocycles. The number of hydrogen-bond acceptors (Lipinski definition) is 6. The number of aryl methyl sites for hydroxylation is 1. The Labute approximate surface area is 189 Å². The van der Waals surface area contributed by atoms with Gasteiger partial charge in [-0.05, 0) is 30.7 Å². The van der Waals surface area contributed by atoms with Crippen LogP contribution in [0.15, 0.2) is 78.0 Å². The zero-order chi connectivity index (χ0) is 21.2. The van der Waals surface area contributed by atoms with E-state index in [1.54, 1.807) is 0 Å². The van der Waals surface area contributed by atoms with Crippen molar-refractivity contribution in [3.8, 4) is 17.1 Å². The van der Waals surface area contributed by atoms with Crippen LogP contribution in [0.2, 0.25) is 5.02 Å². The Kier molecular flexibility index (Phi) is 5.49. The summed E-state index contributed by atoms with van der Waals surface area (Å²) < 4.78 is 6.29. The van der Waals surface area contributed by atoms with E-state index >= 15 is 0 Å². The highest BCUT2D eigenvalue weighted by molar-refractivity contribution is 7.98. The Bertz CT molecular complexity index is 1220. The number of halogens is 1. The molecule has 5 rings (SSSR count).